The monoisotopic (exact) mass is 532 g/mol. The van der Waals surface area contributed by atoms with E-state index < -0.39 is 0 Å². The average Bonchev–Trinajstić information content (AvgIpc) is 2.91. The van der Waals surface area contributed by atoms with E-state index in [1.54, 1.807) is 0 Å². The number of nitrogens with zero attached hydrogens (tertiary/aromatic N) is 3. The molecule has 192 valence electrons. The maximum atomic E-state index is 6.14. The molecule has 1 aliphatic carbocycles. The third-order valence-corrected chi connectivity index (χ3v) is 7.29. The molecule has 0 fully saturated rings. The minimum atomic E-state index is 0. The molecule has 0 amide bonds. The van der Waals surface area contributed by atoms with Crippen LogP contribution in [0.5, 0.6) is 0 Å². The van der Waals surface area contributed by atoms with Crippen molar-refractivity contribution in [3.05, 3.63) is 106 Å². The van der Waals surface area contributed by atoms with Gasteiger partial charge in [0.25, 0.3) is 0 Å². The number of nitrogens with one attached hydrogen (secondary N) is 1. The van der Waals surface area contributed by atoms with E-state index in [1.165, 1.54) is 40.7 Å². The number of unbranched alkanes of at least 4 members (excludes halogenated alkanes) is 1. The van der Waals surface area contributed by atoms with Crippen LogP contribution in [-0.2, 0) is 12.8 Å². The zero-order valence-corrected chi connectivity index (χ0v) is 23.0. The standard InChI is InChI=1S/C31H33ClN4.ClH/c1-3-4-18-36(2)19-17-22-9-15-26(16-10-22)34-31-33-21-24-20-29(23-11-13-25(32)14-12-23)27-7-5-6-8-28(27)30(24)35-31;/h5-16,21,29H,3-4,17-20H2,1-2H3,(H,33,34,35);1H. The Hall–Kier alpha value is -2.92. The molecule has 0 radical (unpaired) electrons. The summed E-state index contributed by atoms with van der Waals surface area (Å²) in [5.41, 5.74) is 8.26. The van der Waals surface area contributed by atoms with Crippen molar-refractivity contribution in [2.75, 3.05) is 25.5 Å². The Labute approximate surface area is 231 Å². The number of hydrogen-bond acceptors (Lipinski definition) is 4. The van der Waals surface area contributed by atoms with E-state index in [0.717, 1.165) is 42.3 Å². The summed E-state index contributed by atoms with van der Waals surface area (Å²) in [5.74, 6) is 0.891. The molecular formula is C31H34Cl2N4. The molecule has 1 N–H and O–H groups in total. The van der Waals surface area contributed by atoms with Gasteiger partial charge in [0.15, 0.2) is 0 Å². The van der Waals surface area contributed by atoms with Crippen molar-refractivity contribution < 1.29 is 0 Å². The Bertz CT molecular complexity index is 1310. The lowest BCUT2D eigenvalue weighted by Crippen LogP contribution is -2.22. The highest BCUT2D eigenvalue weighted by atomic mass is 35.5. The second-order valence-electron chi connectivity index (χ2n) is 9.69. The van der Waals surface area contributed by atoms with Gasteiger partial charge in [0.2, 0.25) is 5.95 Å². The van der Waals surface area contributed by atoms with Crippen LogP contribution < -0.4 is 5.32 Å². The molecule has 1 aliphatic rings. The Morgan fingerprint density at radius 1 is 0.973 bits per heavy atom. The van der Waals surface area contributed by atoms with Gasteiger partial charge in [0.05, 0.1) is 5.69 Å². The number of aromatic nitrogens is 2. The molecule has 6 heteroatoms. The molecule has 0 aliphatic heterocycles. The largest absolute Gasteiger partial charge is 0.324 e. The fourth-order valence-electron chi connectivity index (χ4n) is 4.93. The summed E-state index contributed by atoms with van der Waals surface area (Å²) in [5, 5.41) is 4.17. The van der Waals surface area contributed by atoms with E-state index in [9.17, 15) is 0 Å². The number of likely N-dealkylation sites (N-methyl/N-ethyl adjacent to an activating group) is 1. The van der Waals surface area contributed by atoms with Crippen molar-refractivity contribution >= 4 is 35.6 Å². The number of benzene rings is 3. The van der Waals surface area contributed by atoms with Crippen LogP contribution in [0.4, 0.5) is 11.6 Å². The van der Waals surface area contributed by atoms with Gasteiger partial charge in [-0.1, -0.05) is 73.5 Å². The van der Waals surface area contributed by atoms with Gasteiger partial charge < -0.3 is 10.2 Å². The molecule has 1 heterocycles. The highest BCUT2D eigenvalue weighted by Crippen LogP contribution is 2.42. The van der Waals surface area contributed by atoms with Gasteiger partial charge in [-0.05, 0) is 79.4 Å². The summed E-state index contributed by atoms with van der Waals surface area (Å²) in [6.07, 6.45) is 6.40. The lowest BCUT2D eigenvalue weighted by atomic mass is 9.78. The minimum absolute atomic E-state index is 0. The summed E-state index contributed by atoms with van der Waals surface area (Å²) in [6.45, 7) is 4.48. The second-order valence-corrected chi connectivity index (χ2v) is 10.1. The smallest absolute Gasteiger partial charge is 0.227 e. The Kier molecular flexibility index (Phi) is 9.20. The van der Waals surface area contributed by atoms with Gasteiger partial charge >= 0.3 is 0 Å². The number of hydrogen-bond donors (Lipinski definition) is 1. The molecule has 4 aromatic rings. The number of anilines is 2. The van der Waals surface area contributed by atoms with E-state index in [4.69, 9.17) is 16.6 Å². The van der Waals surface area contributed by atoms with Gasteiger partial charge in [-0.25, -0.2) is 9.97 Å². The average molecular weight is 534 g/mol. The third-order valence-electron chi connectivity index (χ3n) is 7.04. The molecule has 1 unspecified atom stereocenters. The van der Waals surface area contributed by atoms with E-state index in [2.05, 4.69) is 89.8 Å². The van der Waals surface area contributed by atoms with Crippen LogP contribution in [0.15, 0.2) is 79.0 Å². The predicted octanol–water partition coefficient (Wildman–Crippen LogP) is 7.92. The lowest BCUT2D eigenvalue weighted by Gasteiger charge is -2.27. The predicted molar refractivity (Wildman–Crippen MR) is 158 cm³/mol. The first-order chi connectivity index (χ1) is 17.6. The van der Waals surface area contributed by atoms with E-state index in [-0.39, 0.29) is 18.3 Å². The lowest BCUT2D eigenvalue weighted by molar-refractivity contribution is 0.332. The SMILES string of the molecule is CCCCN(C)CCc1ccc(Nc2ncc3c(n2)-c2ccccc2C(c2ccc(Cl)cc2)C3)cc1.Cl. The first-order valence-electron chi connectivity index (χ1n) is 12.9. The molecule has 37 heavy (non-hydrogen) atoms. The number of halogens is 2. The molecule has 3 aromatic carbocycles. The Balaban J connectivity index is 0.00000320. The van der Waals surface area contributed by atoms with Crippen LogP contribution in [0.3, 0.4) is 0 Å². The van der Waals surface area contributed by atoms with E-state index >= 15 is 0 Å². The second kappa shape index (κ2) is 12.6. The normalized spacial score (nSPS) is 14.0. The van der Waals surface area contributed by atoms with Crippen molar-refractivity contribution in [1.82, 2.24) is 14.9 Å². The van der Waals surface area contributed by atoms with Crippen LogP contribution in [0.1, 0.15) is 47.9 Å². The van der Waals surface area contributed by atoms with Crippen LogP contribution in [0.25, 0.3) is 11.3 Å². The molecule has 5 rings (SSSR count). The summed E-state index contributed by atoms with van der Waals surface area (Å²) in [4.78, 5) is 12.0. The third kappa shape index (κ3) is 6.51. The van der Waals surface area contributed by atoms with Crippen LogP contribution in [0.2, 0.25) is 5.02 Å². The van der Waals surface area contributed by atoms with Gasteiger partial charge in [-0.15, -0.1) is 12.4 Å². The van der Waals surface area contributed by atoms with E-state index in [0.29, 0.717) is 5.95 Å². The van der Waals surface area contributed by atoms with Crippen LogP contribution in [0, 0.1) is 0 Å². The molecule has 0 bridgehead atoms. The van der Waals surface area contributed by atoms with Crippen molar-refractivity contribution in [2.45, 2.75) is 38.5 Å². The molecular weight excluding hydrogens is 499 g/mol. The zero-order valence-electron chi connectivity index (χ0n) is 21.5. The van der Waals surface area contributed by atoms with Gasteiger partial charge in [-0.3, -0.25) is 0 Å². The molecule has 1 aromatic heterocycles. The highest BCUT2D eigenvalue weighted by molar-refractivity contribution is 6.30. The molecule has 4 nitrogen and oxygen atoms in total. The fourth-order valence-corrected chi connectivity index (χ4v) is 5.06. The number of rotatable bonds is 9. The minimum Gasteiger partial charge on any atom is -0.324 e. The summed E-state index contributed by atoms with van der Waals surface area (Å²) < 4.78 is 0. The van der Waals surface area contributed by atoms with E-state index in [1.807, 2.05) is 18.3 Å². The van der Waals surface area contributed by atoms with Crippen molar-refractivity contribution in [1.29, 1.82) is 0 Å². The molecule has 0 saturated heterocycles. The van der Waals surface area contributed by atoms with Gasteiger partial charge in [-0.2, -0.15) is 0 Å². The van der Waals surface area contributed by atoms with Crippen molar-refractivity contribution in [3.8, 4) is 11.3 Å². The van der Waals surface area contributed by atoms with Gasteiger partial charge in [0.1, 0.15) is 0 Å². The summed E-state index contributed by atoms with van der Waals surface area (Å²) in [7, 11) is 2.20. The number of fused-ring (bicyclic) bond motifs is 3. The first-order valence-corrected chi connectivity index (χ1v) is 13.2. The van der Waals surface area contributed by atoms with Crippen molar-refractivity contribution in [2.24, 2.45) is 0 Å². The Morgan fingerprint density at radius 2 is 1.73 bits per heavy atom. The first kappa shape index (κ1) is 27.1. The molecule has 0 saturated carbocycles. The van der Waals surface area contributed by atoms with Crippen LogP contribution >= 0.6 is 24.0 Å². The fraction of sp³-hybridized carbons (Fsp3) is 0.290. The maximum Gasteiger partial charge on any atom is 0.227 e. The van der Waals surface area contributed by atoms with Gasteiger partial charge in [0, 0.05) is 34.9 Å². The van der Waals surface area contributed by atoms with Crippen LogP contribution in [-0.4, -0.2) is 35.0 Å². The molecule has 0 spiro atoms. The Morgan fingerprint density at radius 3 is 2.49 bits per heavy atom. The highest BCUT2D eigenvalue weighted by Gasteiger charge is 2.27. The maximum absolute atomic E-state index is 6.14. The molecule has 1 atom stereocenters. The zero-order chi connectivity index (χ0) is 24.9. The topological polar surface area (TPSA) is 41.0 Å². The quantitative estimate of drug-likeness (QED) is 0.237. The summed E-state index contributed by atoms with van der Waals surface area (Å²) >= 11 is 6.14. The van der Waals surface area contributed by atoms with Crippen molar-refractivity contribution in [3.63, 3.8) is 0 Å². The summed E-state index contributed by atoms with van der Waals surface area (Å²) in [6, 6.07) is 25.4.